The summed E-state index contributed by atoms with van der Waals surface area (Å²) >= 11 is 0. The molecule has 0 amide bonds. The third-order valence-corrected chi connectivity index (χ3v) is 3.73. The van der Waals surface area contributed by atoms with Crippen molar-refractivity contribution in [2.75, 3.05) is 7.05 Å². The van der Waals surface area contributed by atoms with Gasteiger partial charge in [-0.25, -0.2) is 0 Å². The molecule has 0 aromatic carbocycles. The molecule has 0 spiro atoms. The zero-order valence-electron chi connectivity index (χ0n) is 14.7. The van der Waals surface area contributed by atoms with Crippen molar-refractivity contribution in [3.8, 4) is 0 Å². The van der Waals surface area contributed by atoms with Crippen molar-refractivity contribution >= 4 is 0 Å². The lowest BCUT2D eigenvalue weighted by atomic mass is 9.79. The molecular weight excluding hydrogens is 242 g/mol. The van der Waals surface area contributed by atoms with Crippen molar-refractivity contribution in [1.29, 1.82) is 0 Å². The summed E-state index contributed by atoms with van der Waals surface area (Å²) in [5, 5.41) is 3.44. The van der Waals surface area contributed by atoms with E-state index in [9.17, 15) is 0 Å². The molecule has 2 atom stereocenters. The van der Waals surface area contributed by atoms with E-state index >= 15 is 0 Å². The summed E-state index contributed by atoms with van der Waals surface area (Å²) in [6.45, 7) is 20.2. The molecule has 20 heavy (non-hydrogen) atoms. The Morgan fingerprint density at radius 2 is 1.80 bits per heavy atom. The topological polar surface area (TPSA) is 12.0 Å². The second-order valence-corrected chi connectivity index (χ2v) is 4.69. The largest absolute Gasteiger partial charge is 0.313 e. The molecule has 0 saturated heterocycles. The van der Waals surface area contributed by atoms with Crippen LogP contribution in [0.4, 0.5) is 0 Å². The second kappa shape index (κ2) is 11.7. The van der Waals surface area contributed by atoms with Gasteiger partial charge < -0.3 is 5.32 Å². The van der Waals surface area contributed by atoms with Crippen molar-refractivity contribution in [3.63, 3.8) is 0 Å². The molecule has 1 N–H and O–H groups in total. The summed E-state index contributed by atoms with van der Waals surface area (Å²) in [6, 6.07) is 0.418. The van der Waals surface area contributed by atoms with Crippen molar-refractivity contribution in [1.82, 2.24) is 5.32 Å². The summed E-state index contributed by atoms with van der Waals surface area (Å²) in [5.41, 5.74) is 3.03. The molecule has 0 bridgehead atoms. The average molecular weight is 277 g/mol. The molecule has 0 heterocycles. The van der Waals surface area contributed by atoms with Gasteiger partial charge in [-0.15, -0.1) is 0 Å². The number of hydrogen-bond donors (Lipinski definition) is 1. The van der Waals surface area contributed by atoms with Gasteiger partial charge in [0.15, 0.2) is 0 Å². The van der Waals surface area contributed by atoms with Crippen LogP contribution in [0.3, 0.4) is 0 Å². The fourth-order valence-electron chi connectivity index (χ4n) is 2.60. The maximum Gasteiger partial charge on any atom is 0.0377 e. The van der Waals surface area contributed by atoms with Crippen molar-refractivity contribution < 1.29 is 0 Å². The molecule has 2 unspecified atom stereocenters. The number of allylic oxidation sites excluding steroid dienone is 4. The van der Waals surface area contributed by atoms with E-state index in [0.29, 0.717) is 11.5 Å². The molecule has 1 rings (SSSR count). The Morgan fingerprint density at radius 3 is 2.15 bits per heavy atom. The van der Waals surface area contributed by atoms with Crippen LogP contribution in [0.5, 0.6) is 0 Å². The minimum Gasteiger partial charge on any atom is -0.313 e. The van der Waals surface area contributed by atoms with Crippen molar-refractivity contribution in [2.45, 2.75) is 60.4 Å². The van der Waals surface area contributed by atoms with E-state index in [-0.39, 0.29) is 0 Å². The first-order valence-electron chi connectivity index (χ1n) is 7.94. The fourth-order valence-corrected chi connectivity index (χ4v) is 2.60. The molecule has 0 aromatic heterocycles. The molecule has 0 saturated carbocycles. The highest BCUT2D eigenvalue weighted by atomic mass is 14.9. The van der Waals surface area contributed by atoms with Crippen LogP contribution in [0.2, 0.25) is 0 Å². The Balaban J connectivity index is 0. The second-order valence-electron chi connectivity index (χ2n) is 4.69. The van der Waals surface area contributed by atoms with Crippen LogP contribution in [0, 0.1) is 5.41 Å². The first-order chi connectivity index (χ1) is 9.62. The zero-order chi connectivity index (χ0) is 16.2. The molecule has 0 fully saturated rings. The lowest BCUT2D eigenvalue weighted by molar-refractivity contribution is 0.265. The quantitative estimate of drug-likeness (QED) is 0.638. The Bertz CT molecular complexity index is 336. The highest BCUT2D eigenvalue weighted by Crippen LogP contribution is 2.45. The molecule has 0 aliphatic heterocycles. The SMILES string of the molecule is C=C/C=C\C1=C(C=C)CC(C)(CC)C1NC.CC.CC. The van der Waals surface area contributed by atoms with Crippen LogP contribution in [0.25, 0.3) is 0 Å². The number of hydrogen-bond acceptors (Lipinski definition) is 1. The van der Waals surface area contributed by atoms with Gasteiger partial charge in [-0.2, -0.15) is 0 Å². The Morgan fingerprint density at radius 1 is 1.25 bits per heavy atom. The van der Waals surface area contributed by atoms with E-state index in [1.807, 2.05) is 53.0 Å². The van der Waals surface area contributed by atoms with Crippen LogP contribution >= 0.6 is 0 Å². The molecular formula is C19H35N. The van der Waals surface area contributed by atoms with Gasteiger partial charge in [0, 0.05) is 6.04 Å². The number of nitrogens with one attached hydrogen (secondary N) is 1. The predicted molar refractivity (Wildman–Crippen MR) is 95.1 cm³/mol. The highest BCUT2D eigenvalue weighted by Gasteiger charge is 2.40. The Kier molecular flexibility index (Phi) is 12.4. The lowest BCUT2D eigenvalue weighted by Crippen LogP contribution is -2.39. The summed E-state index contributed by atoms with van der Waals surface area (Å²) in [7, 11) is 2.03. The summed E-state index contributed by atoms with van der Waals surface area (Å²) in [6.07, 6.45) is 10.3. The van der Waals surface area contributed by atoms with Gasteiger partial charge in [0.25, 0.3) is 0 Å². The minimum atomic E-state index is 0.305. The van der Waals surface area contributed by atoms with Crippen LogP contribution in [-0.4, -0.2) is 13.1 Å². The Labute approximate surface area is 127 Å². The summed E-state index contributed by atoms with van der Waals surface area (Å²) in [5.74, 6) is 0. The van der Waals surface area contributed by atoms with Gasteiger partial charge in [-0.1, -0.05) is 79.0 Å². The maximum atomic E-state index is 3.92. The molecule has 1 heteroatoms. The average Bonchev–Trinajstić information content (AvgIpc) is 2.81. The molecule has 1 aliphatic carbocycles. The first kappa shape index (κ1) is 21.2. The Hall–Kier alpha value is -1.08. The van der Waals surface area contributed by atoms with Gasteiger partial charge in [0.1, 0.15) is 0 Å². The molecule has 0 aromatic rings. The van der Waals surface area contributed by atoms with E-state index < -0.39 is 0 Å². The predicted octanol–water partition coefficient (Wildman–Crippen LogP) is 5.67. The maximum absolute atomic E-state index is 3.92. The lowest BCUT2D eigenvalue weighted by Gasteiger charge is -2.31. The van der Waals surface area contributed by atoms with Crippen molar-refractivity contribution in [2.24, 2.45) is 5.41 Å². The smallest absolute Gasteiger partial charge is 0.0377 e. The summed E-state index contributed by atoms with van der Waals surface area (Å²) < 4.78 is 0. The van der Waals surface area contributed by atoms with E-state index in [1.165, 1.54) is 17.6 Å². The van der Waals surface area contributed by atoms with E-state index in [2.05, 4.69) is 38.4 Å². The van der Waals surface area contributed by atoms with Crippen molar-refractivity contribution in [3.05, 3.63) is 48.6 Å². The first-order valence-corrected chi connectivity index (χ1v) is 7.94. The zero-order valence-corrected chi connectivity index (χ0v) is 14.7. The monoisotopic (exact) mass is 277 g/mol. The van der Waals surface area contributed by atoms with Gasteiger partial charge in [-0.3, -0.25) is 0 Å². The van der Waals surface area contributed by atoms with Gasteiger partial charge in [-0.05, 0) is 36.5 Å². The van der Waals surface area contributed by atoms with Crippen LogP contribution in [0.1, 0.15) is 54.4 Å². The number of likely N-dealkylation sites (N-methyl/N-ethyl adjacent to an activating group) is 1. The van der Waals surface area contributed by atoms with Crippen LogP contribution in [-0.2, 0) is 0 Å². The van der Waals surface area contributed by atoms with E-state index in [1.54, 1.807) is 0 Å². The highest BCUT2D eigenvalue weighted by molar-refractivity contribution is 5.44. The molecule has 1 aliphatic rings. The molecule has 0 radical (unpaired) electrons. The third-order valence-electron chi connectivity index (χ3n) is 3.73. The van der Waals surface area contributed by atoms with Gasteiger partial charge in [0.05, 0.1) is 0 Å². The standard InChI is InChI=1S/C15H23N.2C2H6/c1-6-9-10-13-12(7-2)11-15(4,8-3)14(13)16-5;2*1-2/h6-7,9-10,14,16H,1-2,8,11H2,3-5H3;2*1-2H3/b10-9-;;. The van der Waals surface area contributed by atoms with E-state index in [0.717, 1.165) is 6.42 Å². The minimum absolute atomic E-state index is 0.305. The van der Waals surface area contributed by atoms with Gasteiger partial charge in [0.2, 0.25) is 0 Å². The van der Waals surface area contributed by atoms with Crippen LogP contribution in [0.15, 0.2) is 48.6 Å². The molecule has 116 valence electrons. The molecule has 1 nitrogen and oxygen atoms in total. The summed E-state index contributed by atoms with van der Waals surface area (Å²) in [4.78, 5) is 0. The third kappa shape index (κ3) is 5.13. The number of rotatable bonds is 5. The van der Waals surface area contributed by atoms with Gasteiger partial charge >= 0.3 is 0 Å². The van der Waals surface area contributed by atoms with Crippen LogP contribution < -0.4 is 5.32 Å². The fraction of sp³-hybridized carbons (Fsp3) is 0.579. The normalized spacial score (nSPS) is 24.6. The van der Waals surface area contributed by atoms with E-state index in [4.69, 9.17) is 0 Å².